The van der Waals surface area contributed by atoms with Crippen molar-refractivity contribution in [2.75, 3.05) is 6.61 Å². The van der Waals surface area contributed by atoms with Gasteiger partial charge in [0.1, 0.15) is 4.92 Å². The van der Waals surface area contributed by atoms with Gasteiger partial charge in [-0.05, 0) is 44.2 Å². The molecule has 8 nitrogen and oxygen atoms in total. The van der Waals surface area contributed by atoms with Crippen molar-refractivity contribution in [1.29, 1.82) is 0 Å². The average Bonchev–Trinajstić information content (AvgIpc) is 3.27. The van der Waals surface area contributed by atoms with Crippen LogP contribution in [-0.2, 0) is 4.74 Å². The fraction of sp³-hybridized carbons (Fsp3) is 0.158. The first-order valence-corrected chi connectivity index (χ1v) is 9.03. The maximum absolute atomic E-state index is 12.6. The fourth-order valence-corrected chi connectivity index (χ4v) is 3.17. The lowest BCUT2D eigenvalue weighted by molar-refractivity contribution is -0.402. The van der Waals surface area contributed by atoms with Gasteiger partial charge in [-0.2, -0.15) is 0 Å². The summed E-state index contributed by atoms with van der Waals surface area (Å²) in [5.74, 6) is -2.34. The molecule has 150 valence electrons. The highest BCUT2D eigenvalue weighted by atomic mass is 35.5. The maximum Gasteiger partial charge on any atom is 0.433 e. The first-order chi connectivity index (χ1) is 13.7. The molecule has 0 bridgehead atoms. The minimum absolute atomic E-state index is 0.356. The van der Waals surface area contributed by atoms with Gasteiger partial charge < -0.3 is 13.7 Å². The third kappa shape index (κ3) is 4.18. The molecule has 2 heterocycles. The third-order valence-corrected chi connectivity index (χ3v) is 4.94. The Kier molecular flexibility index (Phi) is 5.76. The Balaban J connectivity index is 1.76. The van der Waals surface area contributed by atoms with Crippen molar-refractivity contribution in [2.45, 2.75) is 13.8 Å². The summed E-state index contributed by atoms with van der Waals surface area (Å²) in [6.45, 7) is 3.03. The SMILES string of the molecule is Cc1cc(C(=O)COC(=O)c2ccc([N+](=O)[O-])o2)c(C)n1-c1ccc(Cl)c(Cl)c1. The first kappa shape index (κ1) is 20.6. The van der Waals surface area contributed by atoms with Crippen LogP contribution in [-0.4, -0.2) is 27.8 Å². The lowest BCUT2D eigenvalue weighted by Gasteiger charge is -2.11. The Morgan fingerprint density at radius 3 is 2.48 bits per heavy atom. The lowest BCUT2D eigenvalue weighted by atomic mass is 10.1. The molecule has 0 fully saturated rings. The second kappa shape index (κ2) is 8.10. The van der Waals surface area contributed by atoms with E-state index in [4.69, 9.17) is 32.4 Å². The molecular weight excluding hydrogens is 423 g/mol. The van der Waals surface area contributed by atoms with Crippen LogP contribution in [0.3, 0.4) is 0 Å². The van der Waals surface area contributed by atoms with Crippen molar-refractivity contribution < 1.29 is 23.7 Å². The molecule has 0 aliphatic heterocycles. The summed E-state index contributed by atoms with van der Waals surface area (Å²) in [5, 5.41) is 11.4. The zero-order valence-corrected chi connectivity index (χ0v) is 16.8. The molecule has 0 saturated carbocycles. The molecule has 2 aromatic heterocycles. The van der Waals surface area contributed by atoms with Gasteiger partial charge in [0.2, 0.25) is 11.5 Å². The molecular formula is C19H14Cl2N2O6. The van der Waals surface area contributed by atoms with Crippen LogP contribution in [0.25, 0.3) is 5.69 Å². The number of halogens is 2. The minimum atomic E-state index is -0.968. The predicted molar refractivity (Wildman–Crippen MR) is 105 cm³/mol. The summed E-state index contributed by atoms with van der Waals surface area (Å²) in [7, 11) is 0. The summed E-state index contributed by atoms with van der Waals surface area (Å²) in [5.41, 5.74) is 2.51. The number of aryl methyl sites for hydroxylation is 1. The lowest BCUT2D eigenvalue weighted by Crippen LogP contribution is -2.14. The minimum Gasteiger partial charge on any atom is -0.451 e. The Bertz CT molecular complexity index is 1130. The van der Waals surface area contributed by atoms with E-state index in [9.17, 15) is 19.7 Å². The van der Waals surface area contributed by atoms with Crippen molar-refractivity contribution in [3.8, 4) is 5.69 Å². The number of nitrogens with zero attached hydrogens (tertiary/aromatic N) is 2. The normalized spacial score (nSPS) is 10.8. The van der Waals surface area contributed by atoms with Gasteiger partial charge in [-0.3, -0.25) is 14.9 Å². The molecule has 29 heavy (non-hydrogen) atoms. The Labute approximate surface area is 174 Å². The van der Waals surface area contributed by atoms with E-state index in [2.05, 4.69) is 0 Å². The molecule has 0 unspecified atom stereocenters. The van der Waals surface area contributed by atoms with Crippen molar-refractivity contribution in [1.82, 2.24) is 4.57 Å². The number of furan rings is 1. The van der Waals surface area contributed by atoms with Gasteiger partial charge in [-0.1, -0.05) is 23.2 Å². The summed E-state index contributed by atoms with van der Waals surface area (Å²) in [6, 6.07) is 8.92. The predicted octanol–water partition coefficient (Wildman–Crippen LogP) is 4.94. The van der Waals surface area contributed by atoms with Crippen LogP contribution in [0.1, 0.15) is 32.3 Å². The van der Waals surface area contributed by atoms with E-state index < -0.39 is 29.2 Å². The zero-order chi connectivity index (χ0) is 21.3. The zero-order valence-electron chi connectivity index (χ0n) is 15.3. The van der Waals surface area contributed by atoms with E-state index in [1.54, 1.807) is 31.2 Å². The van der Waals surface area contributed by atoms with Gasteiger partial charge in [0, 0.05) is 22.6 Å². The molecule has 0 N–H and O–H groups in total. The number of ether oxygens (including phenoxy) is 1. The highest BCUT2D eigenvalue weighted by molar-refractivity contribution is 6.42. The molecule has 0 saturated heterocycles. The number of Topliss-reactive ketones (excluding diaryl/α,β-unsaturated/α-hetero) is 1. The van der Waals surface area contributed by atoms with Crippen LogP contribution in [0.15, 0.2) is 40.8 Å². The number of carbonyl (C=O) groups excluding carboxylic acids is 2. The second-order valence-corrected chi connectivity index (χ2v) is 6.93. The van der Waals surface area contributed by atoms with Gasteiger partial charge in [-0.25, -0.2) is 4.79 Å². The monoisotopic (exact) mass is 436 g/mol. The Morgan fingerprint density at radius 2 is 1.86 bits per heavy atom. The van der Waals surface area contributed by atoms with Gasteiger partial charge in [0.15, 0.2) is 6.61 Å². The molecule has 10 heteroatoms. The van der Waals surface area contributed by atoms with Crippen LogP contribution in [0, 0.1) is 24.0 Å². The number of esters is 1. The molecule has 0 aliphatic rings. The van der Waals surface area contributed by atoms with Crippen molar-refractivity contribution in [3.63, 3.8) is 0 Å². The number of nitro groups is 1. The van der Waals surface area contributed by atoms with Crippen molar-refractivity contribution in [2.24, 2.45) is 0 Å². The second-order valence-electron chi connectivity index (χ2n) is 6.11. The highest BCUT2D eigenvalue weighted by Gasteiger charge is 2.22. The molecule has 3 rings (SSSR count). The number of benzene rings is 1. The summed E-state index contributed by atoms with van der Waals surface area (Å²) < 4.78 is 11.5. The molecule has 0 aliphatic carbocycles. The van der Waals surface area contributed by atoms with E-state index in [-0.39, 0.29) is 5.76 Å². The average molecular weight is 437 g/mol. The van der Waals surface area contributed by atoms with Crippen LogP contribution in [0.2, 0.25) is 10.0 Å². The fourth-order valence-electron chi connectivity index (χ4n) is 2.88. The summed E-state index contributed by atoms with van der Waals surface area (Å²) in [4.78, 5) is 34.3. The van der Waals surface area contributed by atoms with Crippen molar-refractivity contribution >= 4 is 40.8 Å². The molecule has 3 aromatic rings. The topological polar surface area (TPSA) is 105 Å². The number of aromatic nitrogens is 1. The molecule has 1 aromatic carbocycles. The largest absolute Gasteiger partial charge is 0.451 e. The quantitative estimate of drug-likeness (QED) is 0.234. The van der Waals surface area contributed by atoms with Gasteiger partial charge in [0.05, 0.1) is 16.1 Å². The molecule has 0 spiro atoms. The van der Waals surface area contributed by atoms with Crippen LogP contribution >= 0.6 is 23.2 Å². The maximum atomic E-state index is 12.6. The number of carbonyl (C=O) groups is 2. The molecule has 0 amide bonds. The summed E-state index contributed by atoms with van der Waals surface area (Å²) in [6.07, 6.45) is 0. The van der Waals surface area contributed by atoms with Crippen molar-refractivity contribution in [3.05, 3.63) is 79.3 Å². The number of hydrogen-bond acceptors (Lipinski definition) is 6. The standard InChI is InChI=1S/C19H14Cl2N2O6/c1-10-7-13(11(2)22(10)12-3-4-14(20)15(21)8-12)16(24)9-28-19(25)17-5-6-18(29-17)23(26)27/h3-8H,9H2,1-2H3. The Morgan fingerprint density at radius 1 is 1.14 bits per heavy atom. The van der Waals surface area contributed by atoms with E-state index in [0.717, 1.165) is 23.5 Å². The van der Waals surface area contributed by atoms with E-state index in [1.807, 2.05) is 11.5 Å². The molecule has 0 atom stereocenters. The van der Waals surface area contributed by atoms with E-state index in [1.165, 1.54) is 0 Å². The Hall–Kier alpha value is -3.10. The van der Waals surface area contributed by atoms with E-state index >= 15 is 0 Å². The van der Waals surface area contributed by atoms with Crippen LogP contribution < -0.4 is 0 Å². The van der Waals surface area contributed by atoms with Gasteiger partial charge in [0.25, 0.3) is 0 Å². The highest BCUT2D eigenvalue weighted by Crippen LogP contribution is 2.28. The summed E-state index contributed by atoms with van der Waals surface area (Å²) >= 11 is 12.0. The van der Waals surface area contributed by atoms with Gasteiger partial charge >= 0.3 is 11.9 Å². The first-order valence-electron chi connectivity index (χ1n) is 8.28. The third-order valence-electron chi connectivity index (χ3n) is 4.20. The van der Waals surface area contributed by atoms with E-state index in [0.29, 0.717) is 21.3 Å². The smallest absolute Gasteiger partial charge is 0.433 e. The molecule has 0 radical (unpaired) electrons. The van der Waals surface area contributed by atoms with Gasteiger partial charge in [-0.15, -0.1) is 0 Å². The number of ketones is 1. The van der Waals surface area contributed by atoms with Crippen LogP contribution in [0.4, 0.5) is 5.88 Å². The number of hydrogen-bond donors (Lipinski definition) is 0. The van der Waals surface area contributed by atoms with Crippen LogP contribution in [0.5, 0.6) is 0 Å². The number of rotatable bonds is 6.